The minimum Gasteiger partial charge on any atom is -0.493 e. The van der Waals surface area contributed by atoms with Gasteiger partial charge in [0.25, 0.3) is 11.8 Å². The van der Waals surface area contributed by atoms with Gasteiger partial charge in [-0.2, -0.15) is 0 Å². The minimum absolute atomic E-state index is 0.344. The number of hydrogen-bond acceptors (Lipinski definition) is 6. The van der Waals surface area contributed by atoms with E-state index in [4.69, 9.17) is 14.2 Å². The van der Waals surface area contributed by atoms with Crippen LogP contribution in [-0.2, 0) is 14.3 Å². The Bertz CT molecular complexity index is 964. The van der Waals surface area contributed by atoms with Gasteiger partial charge in [-0.05, 0) is 17.7 Å². The Morgan fingerprint density at radius 2 is 1.55 bits per heavy atom. The fourth-order valence-electron chi connectivity index (χ4n) is 3.66. The van der Waals surface area contributed by atoms with Crippen LogP contribution in [0.4, 0.5) is 5.69 Å². The number of imide groups is 1. The Labute approximate surface area is 169 Å². The summed E-state index contributed by atoms with van der Waals surface area (Å²) in [5.74, 6) is 0.282. The smallest absolute Gasteiger partial charge is 0.282 e. The largest absolute Gasteiger partial charge is 0.493 e. The first-order chi connectivity index (χ1) is 14.2. The van der Waals surface area contributed by atoms with E-state index in [1.165, 1.54) is 19.1 Å². The average molecular weight is 394 g/mol. The second kappa shape index (κ2) is 7.97. The molecule has 1 fully saturated rings. The van der Waals surface area contributed by atoms with E-state index < -0.39 is 0 Å². The lowest BCUT2D eigenvalue weighted by Crippen LogP contribution is -2.40. The molecule has 1 saturated heterocycles. The third-order valence-corrected chi connectivity index (χ3v) is 5.07. The van der Waals surface area contributed by atoms with Crippen LogP contribution >= 0.6 is 0 Å². The second-order valence-electron chi connectivity index (χ2n) is 6.67. The number of benzene rings is 2. The standard InChI is InChI=1S/C22H22N2O5/c1-27-17-9-8-16(14-18(17)28-2)24-21(25)19(15-6-4-3-5-7-15)20(22(24)26)23-10-12-29-13-11-23/h3-9,14H,10-13H2,1-2H3. The zero-order valence-electron chi connectivity index (χ0n) is 16.4. The van der Waals surface area contributed by atoms with E-state index >= 15 is 0 Å². The number of amides is 2. The predicted molar refractivity (Wildman–Crippen MR) is 108 cm³/mol. The van der Waals surface area contributed by atoms with Crippen molar-refractivity contribution in [3.05, 3.63) is 59.8 Å². The van der Waals surface area contributed by atoms with Gasteiger partial charge in [-0.3, -0.25) is 9.59 Å². The molecular weight excluding hydrogens is 372 g/mol. The number of morpholine rings is 1. The summed E-state index contributed by atoms with van der Waals surface area (Å²) in [5.41, 5.74) is 1.98. The monoisotopic (exact) mass is 394 g/mol. The van der Waals surface area contributed by atoms with Gasteiger partial charge in [0.05, 0.1) is 38.7 Å². The van der Waals surface area contributed by atoms with Gasteiger partial charge < -0.3 is 19.1 Å². The molecule has 0 bridgehead atoms. The Morgan fingerprint density at radius 1 is 0.862 bits per heavy atom. The van der Waals surface area contributed by atoms with Gasteiger partial charge in [-0.1, -0.05) is 30.3 Å². The van der Waals surface area contributed by atoms with Gasteiger partial charge in [0, 0.05) is 19.2 Å². The third-order valence-electron chi connectivity index (χ3n) is 5.07. The highest BCUT2D eigenvalue weighted by atomic mass is 16.5. The Balaban J connectivity index is 1.80. The third kappa shape index (κ3) is 3.34. The molecule has 7 nitrogen and oxygen atoms in total. The first-order valence-electron chi connectivity index (χ1n) is 9.39. The number of rotatable bonds is 5. The lowest BCUT2D eigenvalue weighted by molar-refractivity contribution is -0.121. The molecule has 0 saturated carbocycles. The zero-order valence-corrected chi connectivity index (χ0v) is 16.4. The lowest BCUT2D eigenvalue weighted by atomic mass is 10.0. The van der Waals surface area contributed by atoms with Crippen LogP contribution in [0.2, 0.25) is 0 Å². The van der Waals surface area contributed by atoms with Crippen molar-refractivity contribution in [3.63, 3.8) is 0 Å². The van der Waals surface area contributed by atoms with Crippen molar-refractivity contribution >= 4 is 23.1 Å². The zero-order chi connectivity index (χ0) is 20.4. The van der Waals surface area contributed by atoms with Gasteiger partial charge in [-0.25, -0.2) is 4.90 Å². The van der Waals surface area contributed by atoms with Crippen molar-refractivity contribution < 1.29 is 23.8 Å². The SMILES string of the molecule is COc1ccc(N2C(=O)C(c3ccccc3)=C(N3CCOCC3)C2=O)cc1OC. The van der Waals surface area contributed by atoms with E-state index in [-0.39, 0.29) is 11.8 Å². The predicted octanol–water partition coefficient (Wildman–Crippen LogP) is 2.32. The molecule has 2 aliphatic heterocycles. The summed E-state index contributed by atoms with van der Waals surface area (Å²) in [7, 11) is 3.05. The van der Waals surface area contributed by atoms with Crippen molar-refractivity contribution in [1.82, 2.24) is 4.90 Å². The molecule has 0 aromatic heterocycles. The van der Waals surface area contributed by atoms with Gasteiger partial charge in [0.15, 0.2) is 11.5 Å². The van der Waals surface area contributed by atoms with E-state index in [2.05, 4.69) is 0 Å². The first kappa shape index (κ1) is 19.0. The van der Waals surface area contributed by atoms with Crippen LogP contribution < -0.4 is 14.4 Å². The molecule has 0 radical (unpaired) electrons. The van der Waals surface area contributed by atoms with Crippen LogP contribution in [0, 0.1) is 0 Å². The summed E-state index contributed by atoms with van der Waals surface area (Å²) in [6.45, 7) is 2.15. The molecule has 0 aliphatic carbocycles. The molecule has 2 heterocycles. The number of carbonyl (C=O) groups excluding carboxylic acids is 2. The van der Waals surface area contributed by atoms with E-state index in [9.17, 15) is 9.59 Å². The summed E-state index contributed by atoms with van der Waals surface area (Å²) in [6, 6.07) is 14.3. The summed E-state index contributed by atoms with van der Waals surface area (Å²) in [6.07, 6.45) is 0. The van der Waals surface area contributed by atoms with E-state index in [1.54, 1.807) is 18.2 Å². The summed E-state index contributed by atoms with van der Waals surface area (Å²) in [5, 5.41) is 0. The first-order valence-corrected chi connectivity index (χ1v) is 9.39. The highest BCUT2D eigenvalue weighted by molar-refractivity contribution is 6.45. The molecule has 0 spiro atoms. The fraction of sp³-hybridized carbons (Fsp3) is 0.273. The van der Waals surface area contributed by atoms with Crippen molar-refractivity contribution in [3.8, 4) is 11.5 Å². The Hall–Kier alpha value is -3.32. The van der Waals surface area contributed by atoms with Crippen LogP contribution in [0.5, 0.6) is 11.5 Å². The molecule has 7 heteroatoms. The Kier molecular flexibility index (Phi) is 5.22. The van der Waals surface area contributed by atoms with Crippen molar-refractivity contribution in [2.75, 3.05) is 45.4 Å². The van der Waals surface area contributed by atoms with Gasteiger partial charge in [-0.15, -0.1) is 0 Å². The van der Waals surface area contributed by atoms with Crippen molar-refractivity contribution in [2.45, 2.75) is 0 Å². The maximum Gasteiger partial charge on any atom is 0.282 e. The number of ether oxygens (including phenoxy) is 3. The number of hydrogen-bond donors (Lipinski definition) is 0. The van der Waals surface area contributed by atoms with Crippen LogP contribution in [-0.4, -0.2) is 57.2 Å². The number of methoxy groups -OCH3 is 2. The molecule has 2 aliphatic rings. The van der Waals surface area contributed by atoms with Crippen LogP contribution in [0.1, 0.15) is 5.56 Å². The van der Waals surface area contributed by atoms with Gasteiger partial charge >= 0.3 is 0 Å². The van der Waals surface area contributed by atoms with Gasteiger partial charge in [0.1, 0.15) is 5.70 Å². The van der Waals surface area contributed by atoms with E-state index in [1.807, 2.05) is 35.2 Å². The molecule has 2 amide bonds. The molecule has 2 aromatic carbocycles. The summed E-state index contributed by atoms with van der Waals surface area (Å²) in [4.78, 5) is 30.0. The minimum atomic E-state index is -0.352. The lowest BCUT2D eigenvalue weighted by Gasteiger charge is -2.29. The normalized spacial score (nSPS) is 17.2. The van der Waals surface area contributed by atoms with Crippen LogP contribution in [0.3, 0.4) is 0 Å². The van der Waals surface area contributed by atoms with Crippen LogP contribution in [0.25, 0.3) is 5.57 Å². The second-order valence-corrected chi connectivity index (χ2v) is 6.67. The van der Waals surface area contributed by atoms with E-state index in [0.29, 0.717) is 54.8 Å². The van der Waals surface area contributed by atoms with Gasteiger partial charge in [0.2, 0.25) is 0 Å². The molecule has 4 rings (SSSR count). The molecule has 29 heavy (non-hydrogen) atoms. The van der Waals surface area contributed by atoms with Crippen molar-refractivity contribution in [1.29, 1.82) is 0 Å². The summed E-state index contributed by atoms with van der Waals surface area (Å²) < 4.78 is 16.0. The molecule has 150 valence electrons. The number of carbonyl (C=O) groups is 2. The van der Waals surface area contributed by atoms with Crippen molar-refractivity contribution in [2.24, 2.45) is 0 Å². The highest BCUT2D eigenvalue weighted by Crippen LogP contribution is 2.38. The Morgan fingerprint density at radius 3 is 2.21 bits per heavy atom. The topological polar surface area (TPSA) is 68.3 Å². The molecule has 0 unspecified atom stereocenters. The average Bonchev–Trinajstić information content (AvgIpc) is 3.04. The summed E-state index contributed by atoms with van der Waals surface area (Å²) >= 11 is 0. The number of anilines is 1. The van der Waals surface area contributed by atoms with Crippen LogP contribution in [0.15, 0.2) is 54.2 Å². The molecule has 2 aromatic rings. The maximum atomic E-state index is 13.4. The fourth-order valence-corrected chi connectivity index (χ4v) is 3.66. The maximum absolute atomic E-state index is 13.4. The molecular formula is C22H22N2O5. The highest BCUT2D eigenvalue weighted by Gasteiger charge is 2.42. The number of nitrogens with zero attached hydrogens (tertiary/aromatic N) is 2. The van der Waals surface area contributed by atoms with E-state index in [0.717, 1.165) is 5.56 Å². The molecule has 0 atom stereocenters. The quantitative estimate of drug-likeness (QED) is 0.725. The molecule has 0 N–H and O–H groups in total.